The number of Topliss-reactive ketones (excluding diaryl/α,β-unsaturated/α-hetero) is 1. The van der Waals surface area contributed by atoms with E-state index in [1.165, 1.54) is 0 Å². The molecule has 1 nitrogen and oxygen atoms in total. The van der Waals surface area contributed by atoms with E-state index in [1.807, 2.05) is 31.7 Å². The molecule has 0 aromatic rings. The van der Waals surface area contributed by atoms with Crippen molar-refractivity contribution < 1.29 is 4.79 Å². The van der Waals surface area contributed by atoms with Gasteiger partial charge in [0, 0.05) is 23.5 Å². The van der Waals surface area contributed by atoms with Crippen LogP contribution in [0.25, 0.3) is 0 Å². The first-order valence-electron chi connectivity index (χ1n) is 6.51. The van der Waals surface area contributed by atoms with Crippen LogP contribution in [0.3, 0.4) is 0 Å². The minimum Gasteiger partial charge on any atom is -0.300 e. The van der Waals surface area contributed by atoms with Gasteiger partial charge in [-0.1, -0.05) is 31.7 Å². The molecule has 0 aromatic carbocycles. The number of carbonyl (C=O) groups is 1. The van der Waals surface area contributed by atoms with Crippen LogP contribution in [0, 0.1) is 11.8 Å². The topological polar surface area (TPSA) is 17.1 Å². The monoisotopic (exact) mass is 264 g/mol. The van der Waals surface area contributed by atoms with Crippen LogP contribution in [0.2, 0.25) is 0 Å². The molecular weight excluding hydrogens is 240 g/mol. The van der Waals surface area contributed by atoms with Gasteiger partial charge in [0.05, 0.1) is 0 Å². The second-order valence-electron chi connectivity index (χ2n) is 5.42. The molecule has 100 valence electrons. The van der Waals surface area contributed by atoms with E-state index < -0.39 is 0 Å². The van der Waals surface area contributed by atoms with Crippen molar-refractivity contribution in [3.8, 4) is 0 Å². The summed E-state index contributed by atoms with van der Waals surface area (Å²) in [5.74, 6) is 0.975. The Hall–Kier alpha value is -0.760. The van der Waals surface area contributed by atoms with Gasteiger partial charge in [-0.2, -0.15) is 0 Å². The highest BCUT2D eigenvalue weighted by molar-refractivity contribution is 8.04. The average Bonchev–Trinajstić information content (AvgIpc) is 2.95. The molecule has 18 heavy (non-hydrogen) atoms. The van der Waals surface area contributed by atoms with Crippen LogP contribution in [-0.2, 0) is 4.79 Å². The molecule has 0 bridgehead atoms. The molecule has 2 heteroatoms. The summed E-state index contributed by atoms with van der Waals surface area (Å²) in [6, 6.07) is 0. The lowest BCUT2D eigenvalue weighted by molar-refractivity contribution is -0.119. The van der Waals surface area contributed by atoms with Gasteiger partial charge in [0.15, 0.2) is 0 Å². The molecule has 0 radical (unpaired) electrons. The molecule has 0 heterocycles. The zero-order valence-corrected chi connectivity index (χ0v) is 12.6. The Morgan fingerprint density at radius 2 is 2.17 bits per heavy atom. The maximum atomic E-state index is 11.6. The number of hydrogen-bond acceptors (Lipinski definition) is 2. The van der Waals surface area contributed by atoms with Gasteiger partial charge in [0.1, 0.15) is 5.78 Å². The summed E-state index contributed by atoms with van der Waals surface area (Å²) in [6.07, 6.45) is 4.32. The predicted molar refractivity (Wildman–Crippen MR) is 81.7 cm³/mol. The molecule has 1 aliphatic carbocycles. The van der Waals surface area contributed by atoms with E-state index >= 15 is 0 Å². The minimum atomic E-state index is 0.116. The van der Waals surface area contributed by atoms with Gasteiger partial charge in [0.2, 0.25) is 0 Å². The molecule has 1 aliphatic rings. The summed E-state index contributed by atoms with van der Waals surface area (Å²) in [5, 5.41) is 0. The molecule has 1 fully saturated rings. The Morgan fingerprint density at radius 1 is 1.56 bits per heavy atom. The quantitative estimate of drug-likeness (QED) is 0.588. The Kier molecular flexibility index (Phi) is 5.03. The van der Waals surface area contributed by atoms with E-state index in [2.05, 4.69) is 26.7 Å². The first-order valence-corrected chi connectivity index (χ1v) is 7.33. The standard InChI is InChI=1S/C16H24OS/c1-7-13-10-16(13,6)18-12(5)15(11(3)4)9-14(17)8-2/h7,13,15H,1,3,5,8-10H2,2,4,6H3. The first-order chi connectivity index (χ1) is 8.34. The zero-order chi connectivity index (χ0) is 13.9. The molecule has 0 amide bonds. The fraction of sp³-hybridized carbons (Fsp3) is 0.562. The van der Waals surface area contributed by atoms with Gasteiger partial charge < -0.3 is 0 Å². The van der Waals surface area contributed by atoms with Crippen LogP contribution < -0.4 is 0 Å². The van der Waals surface area contributed by atoms with Crippen molar-refractivity contribution in [2.75, 3.05) is 0 Å². The molecule has 0 spiro atoms. The lowest BCUT2D eigenvalue weighted by Crippen LogP contribution is -2.12. The SMILES string of the molecule is C=CC1CC1(C)SC(=C)C(CC(=O)CC)C(=C)C. The molecule has 0 aliphatic heterocycles. The van der Waals surface area contributed by atoms with E-state index in [0.29, 0.717) is 18.8 Å². The van der Waals surface area contributed by atoms with Crippen molar-refractivity contribution in [1.29, 1.82) is 0 Å². The smallest absolute Gasteiger partial charge is 0.133 e. The van der Waals surface area contributed by atoms with Crippen molar-refractivity contribution in [1.82, 2.24) is 0 Å². The summed E-state index contributed by atoms with van der Waals surface area (Å²) in [5.41, 5.74) is 1.04. The van der Waals surface area contributed by atoms with E-state index in [1.54, 1.807) is 0 Å². The fourth-order valence-corrected chi connectivity index (χ4v) is 3.67. The number of ketones is 1. The van der Waals surface area contributed by atoms with E-state index in [9.17, 15) is 4.79 Å². The number of allylic oxidation sites excluding steroid dienone is 3. The summed E-state index contributed by atoms with van der Waals surface area (Å²) in [6.45, 7) is 18.2. The van der Waals surface area contributed by atoms with Gasteiger partial charge in [-0.3, -0.25) is 4.79 Å². The van der Waals surface area contributed by atoms with Crippen molar-refractivity contribution in [3.63, 3.8) is 0 Å². The van der Waals surface area contributed by atoms with Gasteiger partial charge in [-0.15, -0.1) is 18.3 Å². The Labute approximate surface area is 115 Å². The molecule has 1 rings (SSSR count). The Morgan fingerprint density at radius 3 is 2.56 bits per heavy atom. The van der Waals surface area contributed by atoms with Gasteiger partial charge in [-0.05, 0) is 31.1 Å². The van der Waals surface area contributed by atoms with E-state index in [0.717, 1.165) is 16.9 Å². The van der Waals surface area contributed by atoms with Crippen LogP contribution in [-0.4, -0.2) is 10.5 Å². The lowest BCUT2D eigenvalue weighted by atomic mass is 9.95. The Balaban J connectivity index is 2.64. The number of carbonyl (C=O) groups excluding carboxylic acids is 1. The maximum absolute atomic E-state index is 11.6. The Bertz CT molecular complexity index is 383. The largest absolute Gasteiger partial charge is 0.300 e. The molecular formula is C16H24OS. The second kappa shape index (κ2) is 5.92. The van der Waals surface area contributed by atoms with Crippen molar-refractivity contribution in [2.45, 2.75) is 44.8 Å². The molecule has 0 aromatic heterocycles. The van der Waals surface area contributed by atoms with Crippen molar-refractivity contribution >= 4 is 17.5 Å². The minimum absolute atomic E-state index is 0.116. The van der Waals surface area contributed by atoms with Crippen LogP contribution in [0.4, 0.5) is 0 Å². The highest BCUT2D eigenvalue weighted by atomic mass is 32.2. The summed E-state index contributed by atoms with van der Waals surface area (Å²) in [7, 11) is 0. The predicted octanol–water partition coefficient (Wildman–Crippen LogP) is 4.76. The summed E-state index contributed by atoms with van der Waals surface area (Å²) in [4.78, 5) is 12.7. The number of rotatable bonds is 8. The summed E-state index contributed by atoms with van der Waals surface area (Å²) < 4.78 is 0.238. The van der Waals surface area contributed by atoms with Crippen molar-refractivity contribution in [3.05, 3.63) is 36.3 Å². The highest BCUT2D eigenvalue weighted by Crippen LogP contribution is 2.58. The van der Waals surface area contributed by atoms with Gasteiger partial charge in [-0.25, -0.2) is 0 Å². The number of thioether (sulfide) groups is 1. The molecule has 3 atom stereocenters. The van der Waals surface area contributed by atoms with Crippen LogP contribution in [0.5, 0.6) is 0 Å². The first kappa shape index (κ1) is 15.3. The van der Waals surface area contributed by atoms with Gasteiger partial charge in [0.25, 0.3) is 0 Å². The maximum Gasteiger partial charge on any atom is 0.133 e. The third-order valence-corrected chi connectivity index (χ3v) is 5.19. The summed E-state index contributed by atoms with van der Waals surface area (Å²) >= 11 is 1.81. The molecule has 0 saturated heterocycles. The van der Waals surface area contributed by atoms with E-state index in [-0.39, 0.29) is 16.4 Å². The van der Waals surface area contributed by atoms with Crippen LogP contribution in [0.1, 0.15) is 40.0 Å². The molecule has 3 unspecified atom stereocenters. The third-order valence-electron chi connectivity index (χ3n) is 3.71. The fourth-order valence-electron chi connectivity index (χ4n) is 2.13. The highest BCUT2D eigenvalue weighted by Gasteiger charge is 2.49. The average molecular weight is 264 g/mol. The van der Waals surface area contributed by atoms with Crippen molar-refractivity contribution in [2.24, 2.45) is 11.8 Å². The normalized spacial score (nSPS) is 27.4. The number of hydrogen-bond donors (Lipinski definition) is 0. The van der Waals surface area contributed by atoms with Gasteiger partial charge >= 0.3 is 0 Å². The van der Waals surface area contributed by atoms with Crippen LogP contribution >= 0.6 is 11.8 Å². The third kappa shape index (κ3) is 3.61. The zero-order valence-electron chi connectivity index (χ0n) is 11.8. The van der Waals surface area contributed by atoms with Crippen LogP contribution in [0.15, 0.2) is 36.3 Å². The molecule has 1 saturated carbocycles. The lowest BCUT2D eigenvalue weighted by Gasteiger charge is -2.21. The molecule has 0 N–H and O–H groups in total. The van der Waals surface area contributed by atoms with E-state index in [4.69, 9.17) is 0 Å². The second-order valence-corrected chi connectivity index (χ2v) is 7.08.